The third kappa shape index (κ3) is 2.08. The van der Waals surface area contributed by atoms with E-state index in [0.29, 0.717) is 13.0 Å². The summed E-state index contributed by atoms with van der Waals surface area (Å²) in [6, 6.07) is 0. The molecule has 1 saturated heterocycles. The summed E-state index contributed by atoms with van der Waals surface area (Å²) in [4.78, 5) is 3.84. The zero-order chi connectivity index (χ0) is 9.31. The fourth-order valence-electron chi connectivity index (χ4n) is 1.39. The molecule has 0 amide bonds. The van der Waals surface area contributed by atoms with E-state index in [2.05, 4.69) is 10.3 Å². The van der Waals surface area contributed by atoms with Gasteiger partial charge < -0.3 is 5.32 Å². The van der Waals surface area contributed by atoms with E-state index in [1.54, 1.807) is 5.38 Å². The Morgan fingerprint density at radius 1 is 1.57 bits per heavy atom. The van der Waals surface area contributed by atoms with Gasteiger partial charge in [0.05, 0.1) is 5.25 Å². The normalized spacial score (nSPS) is 21.9. The summed E-state index contributed by atoms with van der Waals surface area (Å²) in [7, 11) is -3.15. The Bertz CT molecular complexity index is 370. The van der Waals surface area contributed by atoms with Gasteiger partial charge in [-0.2, -0.15) is 0 Å². The van der Waals surface area contributed by atoms with Crippen molar-refractivity contribution in [1.82, 2.24) is 10.3 Å². The molecule has 7 heteroatoms. The molecule has 1 N–H and O–H groups in total. The number of thiazole rings is 1. The third-order valence-corrected chi connectivity index (χ3v) is 5.53. The molecule has 1 unspecified atom stereocenters. The van der Waals surface area contributed by atoms with Crippen molar-refractivity contribution in [3.05, 3.63) is 11.6 Å². The number of rotatable bonds is 2. The van der Waals surface area contributed by atoms with Crippen molar-refractivity contribution in [2.24, 2.45) is 0 Å². The Morgan fingerprint density at radius 2 is 2.36 bits per heavy atom. The van der Waals surface area contributed by atoms with Crippen LogP contribution in [0.2, 0.25) is 0 Å². The van der Waals surface area contributed by atoms with Crippen LogP contribution in [0.1, 0.15) is 6.42 Å². The number of hydrogen-bond acceptors (Lipinski definition) is 5. The van der Waals surface area contributed by atoms with Crippen LogP contribution in [0.15, 0.2) is 15.9 Å². The molecular formula is C7H11ClN2O2S2. The minimum Gasteiger partial charge on any atom is -0.315 e. The molecule has 0 aromatic carbocycles. The zero-order valence-corrected chi connectivity index (χ0v) is 9.79. The van der Waals surface area contributed by atoms with Crippen molar-refractivity contribution < 1.29 is 8.42 Å². The number of sulfone groups is 1. The van der Waals surface area contributed by atoms with E-state index in [-0.39, 0.29) is 22.0 Å². The standard InChI is InChI=1S/C7H10N2O2S2.ClH/c10-13(11,6-1-2-8-5-6)7-9-3-4-12-7;/h3-4,6,8H,1-2,5H2;1H. The van der Waals surface area contributed by atoms with E-state index in [9.17, 15) is 8.42 Å². The smallest absolute Gasteiger partial charge is 0.209 e. The van der Waals surface area contributed by atoms with Gasteiger partial charge in [-0.15, -0.1) is 23.7 Å². The highest BCUT2D eigenvalue weighted by Gasteiger charge is 2.31. The maximum Gasteiger partial charge on any atom is 0.209 e. The SMILES string of the molecule is Cl.O=S(=O)(c1nccs1)C1CCNC1. The van der Waals surface area contributed by atoms with Crippen LogP contribution in [-0.2, 0) is 9.84 Å². The van der Waals surface area contributed by atoms with Crippen LogP contribution in [0.5, 0.6) is 0 Å². The Labute approximate surface area is 93.1 Å². The van der Waals surface area contributed by atoms with Gasteiger partial charge in [0.25, 0.3) is 0 Å². The Balaban J connectivity index is 0.000000980. The number of hydrogen-bond donors (Lipinski definition) is 1. The van der Waals surface area contributed by atoms with Crippen molar-refractivity contribution in [3.63, 3.8) is 0 Å². The predicted molar refractivity (Wildman–Crippen MR) is 57.8 cm³/mol. The lowest BCUT2D eigenvalue weighted by Gasteiger charge is -2.06. The van der Waals surface area contributed by atoms with Gasteiger partial charge in [0.1, 0.15) is 0 Å². The first-order valence-electron chi connectivity index (χ1n) is 4.05. The van der Waals surface area contributed by atoms with Gasteiger partial charge in [-0.05, 0) is 13.0 Å². The average Bonchev–Trinajstić information content (AvgIpc) is 2.78. The maximum atomic E-state index is 11.8. The monoisotopic (exact) mass is 254 g/mol. The van der Waals surface area contributed by atoms with Crippen molar-refractivity contribution in [2.45, 2.75) is 16.0 Å². The lowest BCUT2D eigenvalue weighted by Crippen LogP contribution is -2.23. The first-order valence-corrected chi connectivity index (χ1v) is 6.48. The van der Waals surface area contributed by atoms with E-state index in [0.717, 1.165) is 6.54 Å². The van der Waals surface area contributed by atoms with Crippen molar-refractivity contribution in [2.75, 3.05) is 13.1 Å². The van der Waals surface area contributed by atoms with Crippen LogP contribution in [0, 0.1) is 0 Å². The van der Waals surface area contributed by atoms with Gasteiger partial charge in [-0.3, -0.25) is 0 Å². The Morgan fingerprint density at radius 3 is 2.86 bits per heavy atom. The highest BCUT2D eigenvalue weighted by atomic mass is 35.5. The molecule has 0 spiro atoms. The summed E-state index contributed by atoms with van der Waals surface area (Å²) < 4.78 is 23.9. The summed E-state index contributed by atoms with van der Waals surface area (Å²) >= 11 is 1.19. The van der Waals surface area contributed by atoms with Crippen LogP contribution in [0.4, 0.5) is 0 Å². The molecule has 0 radical (unpaired) electrons. The van der Waals surface area contributed by atoms with Crippen LogP contribution >= 0.6 is 23.7 Å². The zero-order valence-electron chi connectivity index (χ0n) is 7.34. The van der Waals surface area contributed by atoms with E-state index in [4.69, 9.17) is 0 Å². The van der Waals surface area contributed by atoms with Gasteiger partial charge >= 0.3 is 0 Å². The molecule has 1 aromatic heterocycles. The second-order valence-electron chi connectivity index (χ2n) is 2.96. The van der Waals surface area contributed by atoms with Crippen molar-refractivity contribution in [1.29, 1.82) is 0 Å². The summed E-state index contributed by atoms with van der Waals surface area (Å²) in [5, 5.41) is 4.45. The second kappa shape index (κ2) is 4.57. The lowest BCUT2D eigenvalue weighted by molar-refractivity contribution is 0.582. The highest BCUT2D eigenvalue weighted by molar-refractivity contribution is 7.93. The molecule has 2 rings (SSSR count). The molecule has 14 heavy (non-hydrogen) atoms. The number of aromatic nitrogens is 1. The van der Waals surface area contributed by atoms with Crippen molar-refractivity contribution in [3.8, 4) is 0 Å². The lowest BCUT2D eigenvalue weighted by atomic mass is 10.4. The minimum absolute atomic E-state index is 0. The van der Waals surface area contributed by atoms with Crippen LogP contribution in [-0.4, -0.2) is 31.7 Å². The van der Waals surface area contributed by atoms with E-state index < -0.39 is 9.84 Å². The molecule has 1 aromatic rings. The molecule has 0 bridgehead atoms. The third-order valence-electron chi connectivity index (χ3n) is 2.11. The summed E-state index contributed by atoms with van der Waals surface area (Å²) in [5.74, 6) is 0. The molecule has 0 aliphatic carbocycles. The van der Waals surface area contributed by atoms with Crippen LogP contribution in [0.25, 0.3) is 0 Å². The van der Waals surface area contributed by atoms with E-state index >= 15 is 0 Å². The molecule has 80 valence electrons. The molecule has 1 aliphatic heterocycles. The largest absolute Gasteiger partial charge is 0.315 e. The Kier molecular flexibility index (Phi) is 3.88. The number of nitrogens with zero attached hydrogens (tertiary/aromatic N) is 1. The van der Waals surface area contributed by atoms with Gasteiger partial charge in [-0.1, -0.05) is 0 Å². The number of halogens is 1. The fraction of sp³-hybridized carbons (Fsp3) is 0.571. The summed E-state index contributed by atoms with van der Waals surface area (Å²) in [6.07, 6.45) is 2.22. The average molecular weight is 255 g/mol. The number of nitrogens with one attached hydrogen (secondary N) is 1. The molecule has 2 heterocycles. The molecule has 0 saturated carbocycles. The van der Waals surface area contributed by atoms with Gasteiger partial charge in [0.2, 0.25) is 14.2 Å². The van der Waals surface area contributed by atoms with Crippen LogP contribution in [0.3, 0.4) is 0 Å². The molecule has 1 fully saturated rings. The maximum absolute atomic E-state index is 11.8. The topological polar surface area (TPSA) is 59.1 Å². The van der Waals surface area contributed by atoms with Gasteiger partial charge in [0.15, 0.2) is 0 Å². The van der Waals surface area contributed by atoms with Crippen LogP contribution < -0.4 is 5.32 Å². The molecule has 4 nitrogen and oxygen atoms in total. The quantitative estimate of drug-likeness (QED) is 0.844. The molecule has 1 aliphatic rings. The first kappa shape index (κ1) is 11.9. The summed E-state index contributed by atoms with van der Waals surface area (Å²) in [6.45, 7) is 1.34. The predicted octanol–water partition coefficient (Wildman–Crippen LogP) is 0.700. The summed E-state index contributed by atoms with van der Waals surface area (Å²) in [5.41, 5.74) is 0. The van der Waals surface area contributed by atoms with E-state index in [1.165, 1.54) is 17.5 Å². The van der Waals surface area contributed by atoms with Crippen molar-refractivity contribution >= 4 is 33.6 Å². The molecular weight excluding hydrogens is 244 g/mol. The first-order chi connectivity index (χ1) is 6.21. The van der Waals surface area contributed by atoms with Gasteiger partial charge in [-0.25, -0.2) is 13.4 Å². The Hall–Kier alpha value is -0.170. The van der Waals surface area contributed by atoms with Gasteiger partial charge in [0, 0.05) is 18.1 Å². The fourth-order valence-corrected chi connectivity index (χ4v) is 4.12. The second-order valence-corrected chi connectivity index (χ2v) is 6.25. The molecule has 1 atom stereocenters. The van der Waals surface area contributed by atoms with E-state index in [1.807, 2.05) is 0 Å². The minimum atomic E-state index is -3.15. The highest BCUT2D eigenvalue weighted by Crippen LogP contribution is 2.21.